The van der Waals surface area contributed by atoms with Gasteiger partial charge in [-0.1, -0.05) is 522 Å². The van der Waals surface area contributed by atoms with E-state index in [2.05, 4.69) is 4.74 Å². The topological polar surface area (TPSA) is 26.3 Å². The van der Waals surface area contributed by atoms with Gasteiger partial charge in [0.15, 0.2) is 64.4 Å². The van der Waals surface area contributed by atoms with Crippen molar-refractivity contribution < 1.29 is 9.53 Å². The van der Waals surface area contributed by atoms with Gasteiger partial charge in [-0.05, 0) is 6.92 Å². The summed E-state index contributed by atoms with van der Waals surface area (Å²) in [6, 6.07) is 0. The van der Waals surface area contributed by atoms with Gasteiger partial charge >= 0.3 is 5.97 Å². The highest BCUT2D eigenvalue weighted by atomic mass is 35.6. The monoisotopic (exact) mass is 1860 g/mol. The number of hydrogen-bond donors (Lipinski definition) is 0. The van der Waals surface area contributed by atoms with E-state index in [1.807, 2.05) is 0 Å². The summed E-state index contributed by atoms with van der Waals surface area (Å²) in [6.07, 6.45) is 0. The van der Waals surface area contributed by atoms with E-state index >= 15 is 0 Å². The van der Waals surface area contributed by atoms with Crippen molar-refractivity contribution >= 4 is 528 Å². The van der Waals surface area contributed by atoms with E-state index in [4.69, 9.17) is 522 Å². The Balaban J connectivity index is -0.0000000289. The van der Waals surface area contributed by atoms with Crippen LogP contribution in [0.5, 0.6) is 0 Å². The van der Waals surface area contributed by atoms with Crippen molar-refractivity contribution in [2.24, 2.45) is 0 Å². The van der Waals surface area contributed by atoms with Crippen molar-refractivity contribution in [3.05, 3.63) is 0 Å². The third-order valence-corrected chi connectivity index (χ3v) is 0.348. The molecule has 0 amide bonds. The molecule has 0 aromatic rings. The van der Waals surface area contributed by atoms with Crippen molar-refractivity contribution in [2.75, 3.05) is 6.61 Å². The fraction of sp³-hybridized carbons (Fsp3) is 0.947. The van der Waals surface area contributed by atoms with E-state index < -0.39 is 64.4 Å². The molecule has 0 aliphatic rings. The maximum Gasteiger partial charge on any atom is 0.302 e. The molecule has 0 aliphatic heterocycles. The van der Waals surface area contributed by atoms with Gasteiger partial charge in [0.05, 0.1) is 6.61 Å². The van der Waals surface area contributed by atoms with Gasteiger partial charge in [0.2, 0.25) is 0 Å². The SMILES string of the molecule is CCOC(C)=O.ClC(Cl)Cl.ClC(Cl)Cl.ClC(Cl)Cl.ClC(Cl)Cl.ClC(Cl)Cl.ClC(Cl)Cl.ClC(Cl)Cl.ClC(Cl)Cl.ClC(Cl)Cl.ClC(Cl)Cl.ClC(Cl)Cl.ClC(Cl)Cl.ClC(Cl)Cl.ClC(Cl)Cl.ClC(Cl)Cl. The highest BCUT2D eigenvalue weighted by molar-refractivity contribution is 6.68. The van der Waals surface area contributed by atoms with Crippen molar-refractivity contribution in [3.63, 3.8) is 0 Å². The maximum absolute atomic E-state index is 9.82. The number of esters is 1. The molecule has 0 bridgehead atoms. The fourth-order valence-corrected chi connectivity index (χ4v) is 0.203. The van der Waals surface area contributed by atoms with Crippen LogP contribution >= 0.6 is 522 Å². The molecule has 2 nitrogen and oxygen atoms in total. The molecule has 66 heavy (non-hydrogen) atoms. The van der Waals surface area contributed by atoms with Crippen molar-refractivity contribution in [1.82, 2.24) is 0 Å². The van der Waals surface area contributed by atoms with Gasteiger partial charge in [-0.2, -0.15) is 0 Å². The minimum atomic E-state index is -0.750. The first-order valence-corrected chi connectivity index (χ1v) is 31.4. The van der Waals surface area contributed by atoms with Crippen LogP contribution in [0.3, 0.4) is 0 Å². The molecule has 0 rings (SSSR count). The van der Waals surface area contributed by atoms with E-state index in [0.717, 1.165) is 0 Å². The zero-order valence-corrected chi connectivity index (χ0v) is 63.7. The minimum Gasteiger partial charge on any atom is -0.466 e. The van der Waals surface area contributed by atoms with Crippen LogP contribution in [0.2, 0.25) is 0 Å². The fourth-order valence-electron chi connectivity index (χ4n) is 0.203. The number of rotatable bonds is 1. The normalized spacial score (nSPS) is 8.88. The number of carbonyl (C=O) groups excluding carboxylic acids is 1. The average Bonchev–Trinajstić information content (AvgIpc) is 2.88. The summed E-state index contributed by atoms with van der Waals surface area (Å²) in [7, 11) is 0. The van der Waals surface area contributed by atoms with Crippen molar-refractivity contribution in [1.29, 1.82) is 0 Å². The van der Waals surface area contributed by atoms with Crippen LogP contribution in [0, 0.1) is 0 Å². The summed E-state index contributed by atoms with van der Waals surface area (Å²) in [5, 5.41) is 0. The molecule has 0 heterocycles. The Morgan fingerprint density at radius 3 is 0.273 bits per heavy atom. The molecule has 0 radical (unpaired) electrons. The van der Waals surface area contributed by atoms with Gasteiger partial charge in [-0.25, -0.2) is 0 Å². The molecular formula is C19H23Cl45O2. The van der Waals surface area contributed by atoms with Gasteiger partial charge in [0, 0.05) is 6.92 Å². The molecule has 0 unspecified atom stereocenters. The summed E-state index contributed by atoms with van der Waals surface area (Å²) in [5.41, 5.74) is 0. The zero-order chi connectivity index (χ0) is 58.7. The summed E-state index contributed by atoms with van der Waals surface area (Å²) in [5.74, 6) is -0.211. The Labute approximate surface area is 611 Å². The first kappa shape index (κ1) is 121. The van der Waals surface area contributed by atoms with Gasteiger partial charge < -0.3 is 4.74 Å². The molecule has 0 N–H and O–H groups in total. The largest absolute Gasteiger partial charge is 0.466 e. The van der Waals surface area contributed by atoms with Crippen LogP contribution in [0.25, 0.3) is 0 Å². The second kappa shape index (κ2) is 116. The predicted octanol–water partition coefficient (Wildman–Crippen LogP) is 30.4. The van der Waals surface area contributed by atoms with Crippen LogP contribution in [-0.4, -0.2) is 77.0 Å². The molecule has 47 heteroatoms. The molecule has 0 fully saturated rings. The quantitative estimate of drug-likeness (QED) is 0.193. The van der Waals surface area contributed by atoms with Crippen LogP contribution in [0.1, 0.15) is 13.8 Å². The van der Waals surface area contributed by atoms with Crippen LogP contribution < -0.4 is 0 Å². The van der Waals surface area contributed by atoms with Crippen LogP contribution in [0.15, 0.2) is 0 Å². The Morgan fingerprint density at radius 1 is 0.227 bits per heavy atom. The van der Waals surface area contributed by atoms with E-state index in [0.29, 0.717) is 6.61 Å². The molecule has 0 spiro atoms. The van der Waals surface area contributed by atoms with E-state index in [9.17, 15) is 4.79 Å². The Morgan fingerprint density at radius 2 is 0.273 bits per heavy atom. The van der Waals surface area contributed by atoms with Gasteiger partial charge in [-0.15, -0.1) is 0 Å². The van der Waals surface area contributed by atoms with Crippen molar-refractivity contribution in [3.8, 4) is 0 Å². The first-order chi connectivity index (χ1) is 28.8. The predicted molar refractivity (Wildman–Crippen MR) is 343 cm³/mol. The van der Waals surface area contributed by atoms with E-state index in [-0.39, 0.29) is 5.97 Å². The molecule has 0 aromatic carbocycles. The van der Waals surface area contributed by atoms with Gasteiger partial charge in [0.1, 0.15) is 0 Å². The lowest BCUT2D eigenvalue weighted by Crippen LogP contribution is -1.95. The smallest absolute Gasteiger partial charge is 0.302 e. The third kappa shape index (κ3) is 1810. The highest BCUT2D eigenvalue weighted by Crippen LogP contribution is 2.09. The van der Waals surface area contributed by atoms with Crippen LogP contribution in [-0.2, 0) is 9.53 Å². The van der Waals surface area contributed by atoms with E-state index in [1.54, 1.807) is 6.92 Å². The number of alkyl halides is 45. The number of halogens is 45. The molecule has 0 saturated heterocycles. The second-order valence-corrected chi connectivity index (χ2v) is 34.3. The lowest BCUT2D eigenvalue weighted by Gasteiger charge is -1.89. The average molecular weight is 1880 g/mol. The van der Waals surface area contributed by atoms with Crippen LogP contribution in [0.4, 0.5) is 0 Å². The lowest BCUT2D eigenvalue weighted by molar-refractivity contribution is -0.140. The molecule has 0 aromatic heterocycles. The second-order valence-electron chi connectivity index (χ2n) is 4.64. The summed E-state index contributed by atoms with van der Waals surface area (Å²) < 4.78 is -6.85. The number of carbonyl (C=O) groups is 1. The first-order valence-electron chi connectivity index (χ1n) is 11.7. The molecule has 0 saturated carbocycles. The molecule has 426 valence electrons. The molecular weight excluding hydrogens is 1860 g/mol. The maximum atomic E-state index is 9.82. The summed E-state index contributed by atoms with van der Waals surface area (Å²) >= 11 is 216. The Kier molecular flexibility index (Phi) is 212. The van der Waals surface area contributed by atoms with E-state index in [1.165, 1.54) is 6.92 Å². The minimum absolute atomic E-state index is 0.211. The number of hydrogen-bond acceptors (Lipinski definition) is 2. The molecule has 0 atom stereocenters. The standard InChI is InChI=1S/C4H8O2.15CHCl3/c1-3-6-4(2)5;15*2-1(3)4/h3H2,1-2H3;15*1H. The Bertz CT molecular complexity index is 425. The summed E-state index contributed by atoms with van der Waals surface area (Å²) in [6.45, 7) is 3.65. The Hall–Kier alpha value is 12.5. The molecule has 0 aliphatic carbocycles. The van der Waals surface area contributed by atoms with Gasteiger partial charge in [0.25, 0.3) is 0 Å². The van der Waals surface area contributed by atoms with Gasteiger partial charge in [-0.3, -0.25) is 4.79 Å². The summed E-state index contributed by atoms with van der Waals surface area (Å²) in [4.78, 5) is 9.82. The van der Waals surface area contributed by atoms with Crippen molar-refractivity contribution in [2.45, 2.75) is 78.3 Å². The number of ether oxygens (including phenoxy) is 1. The third-order valence-electron chi connectivity index (χ3n) is 0.348. The zero-order valence-electron chi connectivity index (χ0n) is 29.7. The lowest BCUT2D eigenvalue weighted by atomic mass is 10.8. The highest BCUT2D eigenvalue weighted by Gasteiger charge is 1.84.